The molecule has 1 aromatic rings. The Kier molecular flexibility index (Phi) is 5.99. The van der Waals surface area contributed by atoms with Crippen molar-refractivity contribution in [2.45, 2.75) is 65.1 Å². The lowest BCUT2D eigenvalue weighted by atomic mass is 10.2. The summed E-state index contributed by atoms with van der Waals surface area (Å²) >= 11 is 0. The molecule has 0 saturated heterocycles. The molecule has 1 aliphatic rings. The van der Waals surface area contributed by atoms with Gasteiger partial charge in [-0.25, -0.2) is 0 Å². The molecule has 1 atom stereocenters. The Bertz CT molecular complexity index is 399. The summed E-state index contributed by atoms with van der Waals surface area (Å²) in [6, 6.07) is 7.61. The van der Waals surface area contributed by atoms with Crippen LogP contribution in [0.3, 0.4) is 0 Å². The highest BCUT2D eigenvalue weighted by atomic mass is 15.2. The normalized spacial score (nSPS) is 17.8. The minimum atomic E-state index is 0.558. The van der Waals surface area contributed by atoms with E-state index in [9.17, 15) is 0 Å². The van der Waals surface area contributed by atoms with Crippen LogP contribution in [0.2, 0.25) is 0 Å². The number of pyridine rings is 1. The highest BCUT2D eigenvalue weighted by Crippen LogP contribution is 2.17. The van der Waals surface area contributed by atoms with Crippen molar-refractivity contribution in [1.82, 2.24) is 15.2 Å². The van der Waals surface area contributed by atoms with Crippen LogP contribution in [0.1, 0.15) is 50.9 Å². The van der Waals surface area contributed by atoms with Gasteiger partial charge in [-0.3, -0.25) is 9.88 Å². The molecule has 2 rings (SSSR count). The number of rotatable bonds is 7. The molecule has 0 aliphatic heterocycles. The molecule has 1 saturated carbocycles. The van der Waals surface area contributed by atoms with Crippen LogP contribution in [0.15, 0.2) is 18.2 Å². The number of aryl methyl sites for hydroxylation is 1. The third-order valence-electron chi connectivity index (χ3n) is 4.40. The molecule has 20 heavy (non-hydrogen) atoms. The van der Waals surface area contributed by atoms with E-state index in [1.165, 1.54) is 31.4 Å². The first-order valence-electron chi connectivity index (χ1n) is 8.09. The van der Waals surface area contributed by atoms with Crippen molar-refractivity contribution in [2.75, 3.05) is 13.1 Å². The number of aromatic nitrogens is 1. The smallest absolute Gasteiger partial charge is 0.0547 e. The molecule has 0 spiro atoms. The van der Waals surface area contributed by atoms with Gasteiger partial charge in [-0.2, -0.15) is 0 Å². The van der Waals surface area contributed by atoms with Crippen LogP contribution < -0.4 is 5.32 Å². The molecule has 0 bridgehead atoms. The van der Waals surface area contributed by atoms with E-state index in [0.717, 1.165) is 31.4 Å². The van der Waals surface area contributed by atoms with Crippen molar-refractivity contribution in [3.8, 4) is 0 Å². The van der Waals surface area contributed by atoms with Crippen LogP contribution in [-0.4, -0.2) is 35.1 Å². The zero-order valence-electron chi connectivity index (χ0n) is 13.2. The number of nitrogens with one attached hydrogen (secondary N) is 1. The van der Waals surface area contributed by atoms with Gasteiger partial charge < -0.3 is 5.32 Å². The molecule has 0 radical (unpaired) electrons. The van der Waals surface area contributed by atoms with E-state index in [0.29, 0.717) is 6.04 Å². The summed E-state index contributed by atoms with van der Waals surface area (Å²) in [5.41, 5.74) is 2.29. The van der Waals surface area contributed by atoms with E-state index in [4.69, 9.17) is 0 Å². The number of nitrogens with zero attached hydrogens (tertiary/aromatic N) is 2. The summed E-state index contributed by atoms with van der Waals surface area (Å²) in [5.74, 6) is 0. The maximum absolute atomic E-state index is 4.62. The number of likely N-dealkylation sites (N-methyl/N-ethyl adjacent to an activating group) is 1. The van der Waals surface area contributed by atoms with Crippen LogP contribution in [0.25, 0.3) is 0 Å². The third kappa shape index (κ3) is 4.57. The molecule has 1 N–H and O–H groups in total. The first-order chi connectivity index (χ1) is 9.69. The molecule has 112 valence electrons. The Balaban J connectivity index is 1.83. The number of hydrogen-bond acceptors (Lipinski definition) is 3. The van der Waals surface area contributed by atoms with Crippen LogP contribution in [0.5, 0.6) is 0 Å². The summed E-state index contributed by atoms with van der Waals surface area (Å²) in [6.45, 7) is 9.73. The quantitative estimate of drug-likeness (QED) is 0.828. The molecule has 0 amide bonds. The van der Waals surface area contributed by atoms with E-state index in [1.54, 1.807) is 0 Å². The van der Waals surface area contributed by atoms with Crippen molar-refractivity contribution >= 4 is 0 Å². The summed E-state index contributed by atoms with van der Waals surface area (Å²) in [6.07, 6.45) is 5.52. The van der Waals surface area contributed by atoms with Gasteiger partial charge in [-0.15, -0.1) is 0 Å². The van der Waals surface area contributed by atoms with Crippen molar-refractivity contribution in [3.63, 3.8) is 0 Å². The van der Waals surface area contributed by atoms with Gasteiger partial charge in [0.05, 0.1) is 5.69 Å². The second-order valence-electron chi connectivity index (χ2n) is 6.07. The molecular formula is C17H29N3. The predicted octanol–water partition coefficient (Wildman–Crippen LogP) is 3.13. The molecular weight excluding hydrogens is 246 g/mol. The van der Waals surface area contributed by atoms with Crippen LogP contribution in [0.4, 0.5) is 0 Å². The maximum atomic E-state index is 4.62. The molecule has 3 nitrogen and oxygen atoms in total. The second-order valence-corrected chi connectivity index (χ2v) is 6.07. The summed E-state index contributed by atoms with van der Waals surface area (Å²) in [4.78, 5) is 7.12. The minimum absolute atomic E-state index is 0.558. The molecule has 1 heterocycles. The Labute approximate surface area is 123 Å². The van der Waals surface area contributed by atoms with Crippen LogP contribution in [-0.2, 0) is 6.54 Å². The van der Waals surface area contributed by atoms with Crippen LogP contribution >= 0.6 is 0 Å². The van der Waals surface area contributed by atoms with Crippen molar-refractivity contribution < 1.29 is 0 Å². The zero-order chi connectivity index (χ0) is 14.4. The van der Waals surface area contributed by atoms with E-state index in [-0.39, 0.29) is 0 Å². The van der Waals surface area contributed by atoms with Crippen molar-refractivity contribution in [3.05, 3.63) is 29.6 Å². The SMILES string of the molecule is CCN(Cc1cccc(C)n1)C(C)CNC1CCCC1. The molecule has 0 aromatic carbocycles. The fourth-order valence-electron chi connectivity index (χ4n) is 3.07. The Morgan fingerprint density at radius 3 is 2.75 bits per heavy atom. The van der Waals surface area contributed by atoms with Gasteiger partial charge in [0, 0.05) is 30.9 Å². The fourth-order valence-corrected chi connectivity index (χ4v) is 3.07. The van der Waals surface area contributed by atoms with Crippen molar-refractivity contribution in [2.24, 2.45) is 0 Å². The molecule has 1 aliphatic carbocycles. The lowest BCUT2D eigenvalue weighted by Crippen LogP contribution is -2.42. The lowest BCUT2D eigenvalue weighted by molar-refractivity contribution is 0.199. The van der Waals surface area contributed by atoms with Crippen LogP contribution in [0, 0.1) is 6.92 Å². The Hall–Kier alpha value is -0.930. The van der Waals surface area contributed by atoms with E-state index < -0.39 is 0 Å². The Morgan fingerprint density at radius 1 is 1.35 bits per heavy atom. The maximum Gasteiger partial charge on any atom is 0.0547 e. The van der Waals surface area contributed by atoms with Gasteiger partial charge >= 0.3 is 0 Å². The average Bonchev–Trinajstić information content (AvgIpc) is 2.95. The topological polar surface area (TPSA) is 28.2 Å². The van der Waals surface area contributed by atoms with Gasteiger partial charge in [0.25, 0.3) is 0 Å². The molecule has 1 fully saturated rings. The predicted molar refractivity (Wildman–Crippen MR) is 84.8 cm³/mol. The monoisotopic (exact) mass is 275 g/mol. The lowest BCUT2D eigenvalue weighted by Gasteiger charge is -2.29. The molecule has 1 unspecified atom stereocenters. The van der Waals surface area contributed by atoms with Gasteiger partial charge in [-0.1, -0.05) is 25.8 Å². The van der Waals surface area contributed by atoms with Crippen molar-refractivity contribution in [1.29, 1.82) is 0 Å². The molecule has 3 heteroatoms. The van der Waals surface area contributed by atoms with Gasteiger partial charge in [0.2, 0.25) is 0 Å². The summed E-state index contributed by atoms with van der Waals surface area (Å²) in [5, 5.41) is 3.73. The number of hydrogen-bond donors (Lipinski definition) is 1. The molecule has 1 aromatic heterocycles. The summed E-state index contributed by atoms with van der Waals surface area (Å²) < 4.78 is 0. The Morgan fingerprint density at radius 2 is 2.10 bits per heavy atom. The first-order valence-corrected chi connectivity index (χ1v) is 8.09. The summed E-state index contributed by atoms with van der Waals surface area (Å²) in [7, 11) is 0. The minimum Gasteiger partial charge on any atom is -0.312 e. The second kappa shape index (κ2) is 7.75. The van der Waals surface area contributed by atoms with Gasteiger partial charge in [0.1, 0.15) is 0 Å². The third-order valence-corrected chi connectivity index (χ3v) is 4.40. The van der Waals surface area contributed by atoms with Gasteiger partial charge in [-0.05, 0) is 45.4 Å². The zero-order valence-corrected chi connectivity index (χ0v) is 13.2. The highest BCUT2D eigenvalue weighted by Gasteiger charge is 2.18. The standard InChI is InChI=1S/C17H29N3/c1-4-20(13-17-11-7-8-14(2)19-17)15(3)12-18-16-9-5-6-10-16/h7-8,11,15-16,18H,4-6,9-10,12-13H2,1-3H3. The largest absolute Gasteiger partial charge is 0.312 e. The average molecular weight is 275 g/mol. The first kappa shape index (κ1) is 15.5. The fraction of sp³-hybridized carbons (Fsp3) is 0.706. The van der Waals surface area contributed by atoms with E-state index >= 15 is 0 Å². The highest BCUT2D eigenvalue weighted by molar-refractivity contribution is 5.09. The van der Waals surface area contributed by atoms with E-state index in [2.05, 4.69) is 54.2 Å². The van der Waals surface area contributed by atoms with E-state index in [1.807, 2.05) is 0 Å². The van der Waals surface area contributed by atoms with Gasteiger partial charge in [0.15, 0.2) is 0 Å².